The summed E-state index contributed by atoms with van der Waals surface area (Å²) >= 11 is 0. The molecule has 8 nitrogen and oxygen atoms in total. The van der Waals surface area contributed by atoms with Crippen LogP contribution in [0.25, 0.3) is 0 Å². The fourth-order valence-electron chi connectivity index (χ4n) is 3.71. The van der Waals surface area contributed by atoms with Gasteiger partial charge in [-0.1, -0.05) is 5.22 Å². The van der Waals surface area contributed by atoms with Crippen LogP contribution in [-0.4, -0.2) is 81.2 Å². The summed E-state index contributed by atoms with van der Waals surface area (Å²) in [6.45, 7) is 7.56. The van der Waals surface area contributed by atoms with E-state index in [2.05, 4.69) is 26.2 Å². The average molecular weight is 356 g/mol. The fourth-order valence-corrected chi connectivity index (χ4v) is 3.71. The first kappa shape index (κ1) is 17.4. The highest BCUT2D eigenvalue weighted by Crippen LogP contribution is 2.29. The van der Waals surface area contributed by atoms with Gasteiger partial charge in [-0.25, -0.2) is 5.01 Å². The van der Waals surface area contributed by atoms with Crippen molar-refractivity contribution in [1.29, 1.82) is 5.26 Å². The van der Waals surface area contributed by atoms with E-state index in [1.807, 2.05) is 29.3 Å². The molecular weight excluding hydrogens is 332 g/mol. The molecule has 0 N–H and O–H groups in total. The third kappa shape index (κ3) is 3.71. The van der Waals surface area contributed by atoms with Crippen LogP contribution in [0.15, 0.2) is 34.6 Å². The minimum Gasteiger partial charge on any atom is -0.379 e. The summed E-state index contributed by atoms with van der Waals surface area (Å²) in [6.07, 6.45) is 0.0784. The maximum atomic E-state index is 9.03. The molecule has 0 spiro atoms. The van der Waals surface area contributed by atoms with Crippen LogP contribution in [0.2, 0.25) is 0 Å². The van der Waals surface area contributed by atoms with Crippen molar-refractivity contribution in [1.82, 2.24) is 9.80 Å². The van der Waals surface area contributed by atoms with E-state index in [9.17, 15) is 0 Å². The monoisotopic (exact) mass is 356 g/mol. The van der Waals surface area contributed by atoms with Gasteiger partial charge in [0, 0.05) is 32.7 Å². The Morgan fingerprint density at radius 1 is 1.00 bits per heavy atom. The van der Waals surface area contributed by atoms with Crippen LogP contribution < -0.4 is 5.01 Å². The minimum atomic E-state index is 0.0784. The lowest BCUT2D eigenvalue weighted by atomic mass is 10.1. The molecule has 0 amide bonds. The van der Waals surface area contributed by atoms with Gasteiger partial charge in [0.25, 0.3) is 0 Å². The van der Waals surface area contributed by atoms with E-state index in [4.69, 9.17) is 14.7 Å². The van der Waals surface area contributed by atoms with Crippen LogP contribution in [0.3, 0.4) is 0 Å². The molecular formula is C18H24N6O2. The fraction of sp³-hybridized carbons (Fsp3) is 0.611. The predicted molar refractivity (Wildman–Crippen MR) is 95.7 cm³/mol. The maximum absolute atomic E-state index is 9.03. The molecule has 2 fully saturated rings. The summed E-state index contributed by atoms with van der Waals surface area (Å²) in [7, 11) is 0. The molecule has 0 bridgehead atoms. The molecule has 3 heterocycles. The molecule has 138 valence electrons. The van der Waals surface area contributed by atoms with Gasteiger partial charge in [-0.15, -0.1) is 0 Å². The van der Waals surface area contributed by atoms with E-state index in [1.54, 1.807) is 0 Å². The third-order valence-corrected chi connectivity index (χ3v) is 5.12. The van der Waals surface area contributed by atoms with E-state index in [0.717, 1.165) is 64.8 Å². The quantitative estimate of drug-likeness (QED) is 0.804. The van der Waals surface area contributed by atoms with Crippen molar-refractivity contribution in [2.45, 2.75) is 12.2 Å². The van der Waals surface area contributed by atoms with Crippen LogP contribution in [0.5, 0.6) is 0 Å². The Labute approximate surface area is 153 Å². The molecule has 0 aromatic heterocycles. The van der Waals surface area contributed by atoms with Crippen LogP contribution in [0.4, 0.5) is 5.69 Å². The molecule has 3 aliphatic rings. The van der Waals surface area contributed by atoms with Crippen molar-refractivity contribution in [2.75, 3.05) is 64.2 Å². The number of ether oxygens (including phenoxy) is 2. The molecule has 0 aliphatic carbocycles. The Bertz CT molecular complexity index is 661. The number of nitriles is 1. The normalized spacial score (nSPS) is 27.6. The number of benzene rings is 1. The van der Waals surface area contributed by atoms with E-state index in [1.165, 1.54) is 0 Å². The lowest BCUT2D eigenvalue weighted by Gasteiger charge is -2.39. The van der Waals surface area contributed by atoms with E-state index < -0.39 is 0 Å². The van der Waals surface area contributed by atoms with E-state index in [-0.39, 0.29) is 12.2 Å². The van der Waals surface area contributed by atoms with Gasteiger partial charge in [0.15, 0.2) is 0 Å². The summed E-state index contributed by atoms with van der Waals surface area (Å²) in [4.78, 5) is 4.82. The number of nitrogens with zero attached hydrogens (tertiary/aromatic N) is 6. The summed E-state index contributed by atoms with van der Waals surface area (Å²) < 4.78 is 11.0. The summed E-state index contributed by atoms with van der Waals surface area (Å²) in [5.74, 6) is 0. The smallest absolute Gasteiger partial charge is 0.132 e. The topological polar surface area (TPSA) is 76.7 Å². The lowest BCUT2D eigenvalue weighted by molar-refractivity contribution is 0.00378. The highest BCUT2D eigenvalue weighted by atomic mass is 16.5. The van der Waals surface area contributed by atoms with Gasteiger partial charge >= 0.3 is 0 Å². The SMILES string of the molecule is N#Cc1ccc(N2N=NC(CN3CCOCC3)C2N2CCOCC2)cc1. The van der Waals surface area contributed by atoms with Gasteiger partial charge in [-0.2, -0.15) is 10.4 Å². The van der Waals surface area contributed by atoms with Gasteiger partial charge in [0.2, 0.25) is 0 Å². The second kappa shape index (κ2) is 8.10. The van der Waals surface area contributed by atoms with Crippen molar-refractivity contribution in [3.8, 4) is 6.07 Å². The second-order valence-electron chi connectivity index (χ2n) is 6.75. The van der Waals surface area contributed by atoms with Crippen LogP contribution in [0.1, 0.15) is 5.56 Å². The first-order valence-electron chi connectivity index (χ1n) is 9.17. The van der Waals surface area contributed by atoms with Crippen molar-refractivity contribution < 1.29 is 9.47 Å². The molecule has 8 heteroatoms. The molecule has 2 saturated heterocycles. The van der Waals surface area contributed by atoms with E-state index >= 15 is 0 Å². The molecule has 0 saturated carbocycles. The van der Waals surface area contributed by atoms with Gasteiger partial charge in [-0.3, -0.25) is 9.80 Å². The summed E-state index contributed by atoms with van der Waals surface area (Å²) in [5.41, 5.74) is 1.62. The predicted octanol–water partition coefficient (Wildman–Crippen LogP) is 1.10. The third-order valence-electron chi connectivity index (χ3n) is 5.12. The zero-order valence-electron chi connectivity index (χ0n) is 14.8. The largest absolute Gasteiger partial charge is 0.379 e. The highest BCUT2D eigenvalue weighted by molar-refractivity contribution is 5.50. The summed E-state index contributed by atoms with van der Waals surface area (Å²) in [6, 6.07) is 9.80. The molecule has 4 rings (SSSR count). The molecule has 1 aromatic carbocycles. The van der Waals surface area contributed by atoms with Gasteiger partial charge in [-0.05, 0) is 24.3 Å². The van der Waals surface area contributed by atoms with Gasteiger partial charge in [0.05, 0.1) is 43.7 Å². The molecule has 0 radical (unpaired) electrons. The summed E-state index contributed by atoms with van der Waals surface area (Å²) in [5, 5.41) is 20.1. The molecule has 2 atom stereocenters. The first-order valence-corrected chi connectivity index (χ1v) is 9.17. The Balaban J connectivity index is 1.54. The van der Waals surface area contributed by atoms with Gasteiger partial charge in [0.1, 0.15) is 12.2 Å². The average Bonchev–Trinajstić information content (AvgIpc) is 3.13. The lowest BCUT2D eigenvalue weighted by Crippen LogP contribution is -2.56. The van der Waals surface area contributed by atoms with Gasteiger partial charge < -0.3 is 9.47 Å². The zero-order chi connectivity index (χ0) is 17.8. The van der Waals surface area contributed by atoms with Crippen molar-refractivity contribution >= 4 is 5.69 Å². The molecule has 2 unspecified atom stereocenters. The number of morpholine rings is 2. The molecule has 3 aliphatic heterocycles. The van der Waals surface area contributed by atoms with Crippen LogP contribution in [0, 0.1) is 11.3 Å². The Kier molecular flexibility index (Phi) is 5.41. The Morgan fingerprint density at radius 3 is 2.31 bits per heavy atom. The highest BCUT2D eigenvalue weighted by Gasteiger charge is 2.39. The minimum absolute atomic E-state index is 0.0784. The molecule has 1 aromatic rings. The maximum Gasteiger partial charge on any atom is 0.132 e. The van der Waals surface area contributed by atoms with Crippen molar-refractivity contribution in [2.24, 2.45) is 10.3 Å². The van der Waals surface area contributed by atoms with E-state index in [0.29, 0.717) is 5.56 Å². The van der Waals surface area contributed by atoms with Crippen LogP contribution >= 0.6 is 0 Å². The van der Waals surface area contributed by atoms with Crippen molar-refractivity contribution in [3.63, 3.8) is 0 Å². The number of hydrogen-bond acceptors (Lipinski definition) is 8. The first-order chi connectivity index (χ1) is 12.8. The zero-order valence-corrected chi connectivity index (χ0v) is 14.8. The number of rotatable bonds is 4. The standard InChI is InChI=1S/C18H24N6O2/c19-13-15-1-3-16(4-2-15)24-18(23-7-11-26-12-8-23)17(20-21-24)14-22-5-9-25-10-6-22/h1-4,17-18H,5-12,14H2. The Hall–Kier alpha value is -2.05. The van der Waals surface area contributed by atoms with Crippen molar-refractivity contribution in [3.05, 3.63) is 29.8 Å². The Morgan fingerprint density at radius 2 is 1.65 bits per heavy atom. The number of anilines is 1. The number of hydrogen-bond donors (Lipinski definition) is 0. The molecule has 26 heavy (non-hydrogen) atoms. The van der Waals surface area contributed by atoms with Crippen LogP contribution in [-0.2, 0) is 9.47 Å². The second-order valence-corrected chi connectivity index (χ2v) is 6.75.